The van der Waals surface area contributed by atoms with Gasteiger partial charge in [0.05, 0.1) is 11.2 Å². The number of aliphatic imine (C=N–C) groups is 1. The number of para-hydroxylation sites is 1. The SMILES string of the molecule is C=C(C)c1nn2c3c(cccc13)CCC2.CC.CN=CC(C(C)C)C1CCCCC1. The van der Waals surface area contributed by atoms with Crippen LogP contribution >= 0.6 is 0 Å². The van der Waals surface area contributed by atoms with E-state index in [1.54, 1.807) is 0 Å². The van der Waals surface area contributed by atoms with Crippen LogP contribution in [-0.2, 0) is 13.0 Å². The van der Waals surface area contributed by atoms with Gasteiger partial charge in [-0.15, -0.1) is 0 Å². The number of hydrogen-bond acceptors (Lipinski definition) is 2. The molecule has 166 valence electrons. The van der Waals surface area contributed by atoms with Gasteiger partial charge in [-0.05, 0) is 61.5 Å². The Hall–Kier alpha value is -1.90. The predicted molar refractivity (Wildman–Crippen MR) is 133 cm³/mol. The normalized spacial score (nSPS) is 17.3. The lowest BCUT2D eigenvalue weighted by molar-refractivity contribution is 0.258. The highest BCUT2D eigenvalue weighted by atomic mass is 15.3. The molecule has 1 aromatic heterocycles. The molecule has 1 aliphatic carbocycles. The molecule has 0 radical (unpaired) electrons. The van der Waals surface area contributed by atoms with Crippen LogP contribution in [0.5, 0.6) is 0 Å². The highest BCUT2D eigenvalue weighted by Crippen LogP contribution is 2.33. The van der Waals surface area contributed by atoms with E-state index in [0.29, 0.717) is 0 Å². The molecule has 1 fully saturated rings. The van der Waals surface area contributed by atoms with Crippen molar-refractivity contribution in [2.24, 2.45) is 22.7 Å². The Kier molecular flexibility index (Phi) is 9.81. The summed E-state index contributed by atoms with van der Waals surface area (Å²) in [4.78, 5) is 4.21. The van der Waals surface area contributed by atoms with Gasteiger partial charge in [-0.25, -0.2) is 0 Å². The molecule has 1 atom stereocenters. The molecule has 0 amide bonds. The van der Waals surface area contributed by atoms with Gasteiger partial charge in [0.15, 0.2) is 0 Å². The molecule has 0 saturated heterocycles. The number of allylic oxidation sites excluding steroid dienone is 1. The maximum Gasteiger partial charge on any atom is 0.0953 e. The topological polar surface area (TPSA) is 30.2 Å². The summed E-state index contributed by atoms with van der Waals surface area (Å²) in [5, 5.41) is 5.90. The average molecular weight is 410 g/mol. The van der Waals surface area contributed by atoms with E-state index in [1.807, 2.05) is 27.8 Å². The third-order valence-corrected chi connectivity index (χ3v) is 6.36. The first-order chi connectivity index (χ1) is 14.5. The van der Waals surface area contributed by atoms with Gasteiger partial charge in [-0.1, -0.05) is 71.7 Å². The largest absolute Gasteiger partial charge is 0.301 e. The third kappa shape index (κ3) is 5.83. The van der Waals surface area contributed by atoms with E-state index in [2.05, 4.69) is 59.6 Å². The summed E-state index contributed by atoms with van der Waals surface area (Å²) in [5.74, 6) is 2.40. The molecule has 1 aromatic carbocycles. The second-order valence-corrected chi connectivity index (χ2v) is 8.90. The molecule has 0 N–H and O–H groups in total. The molecule has 1 saturated carbocycles. The first-order valence-electron chi connectivity index (χ1n) is 12.1. The van der Waals surface area contributed by atoms with Gasteiger partial charge in [0.25, 0.3) is 0 Å². The smallest absolute Gasteiger partial charge is 0.0953 e. The van der Waals surface area contributed by atoms with Crippen molar-refractivity contribution in [3.05, 3.63) is 36.0 Å². The Balaban J connectivity index is 0.000000200. The number of hydrogen-bond donors (Lipinski definition) is 0. The average Bonchev–Trinajstić information content (AvgIpc) is 3.16. The fourth-order valence-electron chi connectivity index (χ4n) is 4.94. The summed E-state index contributed by atoms with van der Waals surface area (Å²) in [6, 6.07) is 6.49. The van der Waals surface area contributed by atoms with Gasteiger partial charge in [0.1, 0.15) is 0 Å². The van der Waals surface area contributed by atoms with Crippen LogP contribution in [0, 0.1) is 17.8 Å². The number of aryl methyl sites for hydroxylation is 2. The van der Waals surface area contributed by atoms with Crippen molar-refractivity contribution >= 4 is 22.7 Å². The zero-order valence-electron chi connectivity index (χ0n) is 20.2. The summed E-state index contributed by atoms with van der Waals surface area (Å²) < 4.78 is 2.14. The van der Waals surface area contributed by atoms with E-state index in [0.717, 1.165) is 35.6 Å². The molecule has 30 heavy (non-hydrogen) atoms. The van der Waals surface area contributed by atoms with Crippen LogP contribution in [0.3, 0.4) is 0 Å². The second kappa shape index (κ2) is 12.1. The summed E-state index contributed by atoms with van der Waals surface area (Å²) >= 11 is 0. The molecule has 1 unspecified atom stereocenters. The van der Waals surface area contributed by atoms with Gasteiger partial charge in [-0.2, -0.15) is 5.10 Å². The molecule has 2 aromatic rings. The van der Waals surface area contributed by atoms with Crippen molar-refractivity contribution in [2.45, 2.75) is 86.1 Å². The fourth-order valence-corrected chi connectivity index (χ4v) is 4.94. The van der Waals surface area contributed by atoms with Crippen LogP contribution in [-0.4, -0.2) is 23.0 Å². The number of benzene rings is 1. The molecule has 0 spiro atoms. The highest BCUT2D eigenvalue weighted by molar-refractivity contribution is 5.92. The molecule has 3 heteroatoms. The first-order valence-corrected chi connectivity index (χ1v) is 12.1. The molecule has 1 aliphatic heterocycles. The van der Waals surface area contributed by atoms with E-state index in [9.17, 15) is 0 Å². The quantitative estimate of drug-likeness (QED) is 0.479. The molecule has 2 heterocycles. The van der Waals surface area contributed by atoms with Crippen molar-refractivity contribution in [1.29, 1.82) is 0 Å². The lowest BCUT2D eigenvalue weighted by atomic mass is 9.76. The van der Waals surface area contributed by atoms with E-state index >= 15 is 0 Å². The van der Waals surface area contributed by atoms with Gasteiger partial charge in [0.2, 0.25) is 0 Å². The van der Waals surface area contributed by atoms with Gasteiger partial charge in [-0.3, -0.25) is 4.68 Å². The number of nitrogens with zero attached hydrogens (tertiary/aromatic N) is 3. The minimum atomic E-state index is 0.727. The zero-order valence-corrected chi connectivity index (χ0v) is 20.2. The Morgan fingerprint density at radius 1 is 1.17 bits per heavy atom. The van der Waals surface area contributed by atoms with Gasteiger partial charge in [0, 0.05) is 25.2 Å². The molecular weight excluding hydrogens is 366 g/mol. The Morgan fingerprint density at radius 3 is 2.47 bits per heavy atom. The molecule has 2 aliphatic rings. The van der Waals surface area contributed by atoms with E-state index in [-0.39, 0.29) is 0 Å². The molecule has 3 nitrogen and oxygen atoms in total. The fraction of sp³-hybridized carbons (Fsp3) is 0.630. The van der Waals surface area contributed by atoms with Crippen LogP contribution in [0.15, 0.2) is 29.8 Å². The zero-order chi connectivity index (χ0) is 22.1. The van der Waals surface area contributed by atoms with Gasteiger partial charge >= 0.3 is 0 Å². The molecule has 0 bridgehead atoms. The summed E-state index contributed by atoms with van der Waals surface area (Å²) in [5.41, 5.74) is 4.87. The monoisotopic (exact) mass is 409 g/mol. The molecular formula is C27H43N3. The maximum atomic E-state index is 4.64. The Morgan fingerprint density at radius 2 is 1.87 bits per heavy atom. The van der Waals surface area contributed by atoms with E-state index in [1.165, 1.54) is 61.4 Å². The summed E-state index contributed by atoms with van der Waals surface area (Å²) in [6.45, 7) is 15.7. The van der Waals surface area contributed by atoms with Crippen molar-refractivity contribution in [3.8, 4) is 0 Å². The van der Waals surface area contributed by atoms with E-state index < -0.39 is 0 Å². The van der Waals surface area contributed by atoms with E-state index in [4.69, 9.17) is 0 Å². The number of rotatable bonds is 4. The maximum absolute atomic E-state index is 4.64. The Bertz CT molecular complexity index is 822. The third-order valence-electron chi connectivity index (χ3n) is 6.36. The van der Waals surface area contributed by atoms with Crippen LogP contribution in [0.25, 0.3) is 16.5 Å². The first kappa shape index (κ1) is 24.4. The minimum Gasteiger partial charge on any atom is -0.301 e. The Labute approximate surface area is 184 Å². The van der Waals surface area contributed by atoms with Gasteiger partial charge < -0.3 is 4.99 Å². The van der Waals surface area contributed by atoms with Crippen LogP contribution < -0.4 is 0 Å². The lowest BCUT2D eigenvalue weighted by Crippen LogP contribution is -2.23. The second-order valence-electron chi connectivity index (χ2n) is 8.90. The van der Waals surface area contributed by atoms with Crippen LogP contribution in [0.2, 0.25) is 0 Å². The van der Waals surface area contributed by atoms with Crippen molar-refractivity contribution in [3.63, 3.8) is 0 Å². The summed E-state index contributed by atoms with van der Waals surface area (Å²) in [6.07, 6.45) is 11.7. The predicted octanol–water partition coefficient (Wildman–Crippen LogP) is 7.58. The van der Waals surface area contributed by atoms with Crippen molar-refractivity contribution < 1.29 is 0 Å². The minimum absolute atomic E-state index is 0.727. The number of aromatic nitrogens is 2. The van der Waals surface area contributed by atoms with Crippen molar-refractivity contribution in [1.82, 2.24) is 9.78 Å². The van der Waals surface area contributed by atoms with Crippen LogP contribution in [0.4, 0.5) is 0 Å². The van der Waals surface area contributed by atoms with Crippen LogP contribution in [0.1, 0.15) is 84.4 Å². The standard InChI is InChI=1S/C13H14N2.C12H23N.C2H6/c1-9(2)12-11-7-3-5-10-6-4-8-15(14-12)13(10)11;1-10(2)12(9-13-3)11-7-5-4-6-8-11;1-2/h3,5,7H,1,4,6,8H2,2H3;9-12H,4-8H2,1-3H3;1-2H3. The summed E-state index contributed by atoms with van der Waals surface area (Å²) in [7, 11) is 1.90. The van der Waals surface area contributed by atoms with Crippen molar-refractivity contribution in [2.75, 3.05) is 7.05 Å². The molecule has 4 rings (SSSR count). The lowest BCUT2D eigenvalue weighted by Gasteiger charge is -2.30. The highest BCUT2D eigenvalue weighted by Gasteiger charge is 2.24.